The molecule has 6 nitrogen and oxygen atoms in total. The van der Waals surface area contributed by atoms with E-state index in [1.165, 1.54) is 0 Å². The van der Waals surface area contributed by atoms with Gasteiger partial charge in [-0.2, -0.15) is 4.98 Å². The third-order valence-electron chi connectivity index (χ3n) is 4.08. The molecular weight excluding hydrogens is 266 g/mol. The molecule has 0 radical (unpaired) electrons. The summed E-state index contributed by atoms with van der Waals surface area (Å²) in [7, 11) is 0. The zero-order valence-corrected chi connectivity index (χ0v) is 11.7. The quantitative estimate of drug-likeness (QED) is 0.791. The molecule has 1 fully saturated rings. The van der Waals surface area contributed by atoms with Crippen LogP contribution in [0.1, 0.15) is 18.7 Å². The van der Waals surface area contributed by atoms with Gasteiger partial charge in [-0.15, -0.1) is 0 Å². The van der Waals surface area contributed by atoms with Crippen LogP contribution in [0.4, 0.5) is 0 Å². The number of rotatable bonds is 3. The van der Waals surface area contributed by atoms with Crippen LogP contribution >= 0.6 is 0 Å². The maximum Gasteiger partial charge on any atom is 0.230 e. The number of nitrogens with one attached hydrogen (secondary N) is 1. The van der Waals surface area contributed by atoms with Crippen molar-refractivity contribution in [2.24, 2.45) is 5.92 Å². The monoisotopic (exact) mass is 281 g/mol. The van der Waals surface area contributed by atoms with Crippen molar-refractivity contribution >= 4 is 11.0 Å². The average molecular weight is 281 g/mol. The fraction of sp³-hybridized carbons (Fsp3) is 0.333. The summed E-state index contributed by atoms with van der Waals surface area (Å²) in [4.78, 5) is 13.1. The molecule has 1 aliphatic heterocycles. The minimum absolute atomic E-state index is 0.285. The van der Waals surface area contributed by atoms with E-state index in [0.29, 0.717) is 17.6 Å². The summed E-state index contributed by atoms with van der Waals surface area (Å²) >= 11 is 0. The Hall–Kier alpha value is -2.34. The van der Waals surface area contributed by atoms with Gasteiger partial charge in [0.1, 0.15) is 0 Å². The van der Waals surface area contributed by atoms with Crippen LogP contribution in [-0.2, 0) is 0 Å². The zero-order valence-electron chi connectivity index (χ0n) is 11.7. The molecule has 1 atom stereocenters. The second kappa shape index (κ2) is 4.89. The number of aromatic nitrogens is 4. The molecule has 0 spiro atoms. The second-order valence-corrected chi connectivity index (χ2v) is 5.42. The van der Waals surface area contributed by atoms with Crippen LogP contribution in [0.25, 0.3) is 22.4 Å². The van der Waals surface area contributed by atoms with E-state index in [4.69, 9.17) is 4.52 Å². The number of benzene rings is 1. The lowest BCUT2D eigenvalue weighted by atomic mass is 9.89. The maximum absolute atomic E-state index is 5.42. The van der Waals surface area contributed by atoms with E-state index in [1.54, 1.807) is 12.4 Å². The Morgan fingerprint density at radius 3 is 2.76 bits per heavy atom. The van der Waals surface area contributed by atoms with E-state index in [2.05, 4.69) is 32.3 Å². The van der Waals surface area contributed by atoms with Crippen molar-refractivity contribution in [1.82, 2.24) is 25.4 Å². The Bertz CT molecular complexity index is 780. The molecule has 6 heteroatoms. The molecule has 1 saturated heterocycles. The number of nitrogens with zero attached hydrogens (tertiary/aromatic N) is 4. The van der Waals surface area contributed by atoms with E-state index in [-0.39, 0.29) is 5.92 Å². The van der Waals surface area contributed by atoms with Gasteiger partial charge < -0.3 is 9.84 Å². The fourth-order valence-corrected chi connectivity index (χ4v) is 2.51. The van der Waals surface area contributed by atoms with Gasteiger partial charge in [-0.25, -0.2) is 0 Å². The highest BCUT2D eigenvalue weighted by molar-refractivity contribution is 5.79. The lowest BCUT2D eigenvalue weighted by Gasteiger charge is -2.30. The highest BCUT2D eigenvalue weighted by atomic mass is 16.5. The lowest BCUT2D eigenvalue weighted by molar-refractivity contribution is 0.252. The van der Waals surface area contributed by atoms with Crippen LogP contribution in [0, 0.1) is 5.92 Å². The number of hydrogen-bond donors (Lipinski definition) is 1. The summed E-state index contributed by atoms with van der Waals surface area (Å²) in [6, 6.07) is 5.81. The Kier molecular flexibility index (Phi) is 2.89. The highest BCUT2D eigenvalue weighted by Gasteiger charge is 2.28. The first kappa shape index (κ1) is 12.4. The summed E-state index contributed by atoms with van der Waals surface area (Å²) in [5.41, 5.74) is 2.59. The van der Waals surface area contributed by atoms with Gasteiger partial charge in [-0.3, -0.25) is 9.97 Å². The Morgan fingerprint density at radius 1 is 1.19 bits per heavy atom. The molecule has 1 N–H and O–H groups in total. The average Bonchev–Trinajstić information content (AvgIpc) is 2.95. The molecular formula is C15H15N5O. The van der Waals surface area contributed by atoms with Crippen molar-refractivity contribution in [3.05, 3.63) is 36.5 Å². The third-order valence-corrected chi connectivity index (χ3v) is 4.08. The molecule has 3 heterocycles. The molecule has 1 unspecified atom stereocenters. The molecule has 0 saturated carbocycles. The molecule has 0 amide bonds. The van der Waals surface area contributed by atoms with Gasteiger partial charge >= 0.3 is 0 Å². The van der Waals surface area contributed by atoms with Crippen molar-refractivity contribution in [3.8, 4) is 11.4 Å². The van der Waals surface area contributed by atoms with E-state index in [0.717, 1.165) is 29.7 Å². The number of hydrogen-bond acceptors (Lipinski definition) is 6. The van der Waals surface area contributed by atoms with Crippen LogP contribution in [-0.4, -0.2) is 33.2 Å². The van der Waals surface area contributed by atoms with Crippen molar-refractivity contribution in [3.63, 3.8) is 0 Å². The standard InChI is InChI=1S/C15H15N5O/c1-9(11-7-16-8-11)15-19-14(20-21-15)10-2-3-12-13(6-10)18-5-4-17-12/h2-6,9,11,16H,7-8H2,1H3. The topological polar surface area (TPSA) is 76.7 Å². The summed E-state index contributed by atoms with van der Waals surface area (Å²) in [6.45, 7) is 4.17. The molecule has 3 aromatic rings. The maximum atomic E-state index is 5.42. The smallest absolute Gasteiger partial charge is 0.230 e. The Balaban J connectivity index is 1.67. The summed E-state index contributed by atoms with van der Waals surface area (Å²) in [5.74, 6) is 2.18. The predicted molar refractivity (Wildman–Crippen MR) is 77.6 cm³/mol. The first-order valence-corrected chi connectivity index (χ1v) is 7.07. The van der Waals surface area contributed by atoms with Gasteiger partial charge in [-0.05, 0) is 37.2 Å². The third kappa shape index (κ3) is 2.17. The van der Waals surface area contributed by atoms with Gasteiger partial charge in [0, 0.05) is 23.9 Å². The summed E-state index contributed by atoms with van der Waals surface area (Å²) in [6.07, 6.45) is 3.36. The van der Waals surface area contributed by atoms with Crippen LogP contribution in [0.2, 0.25) is 0 Å². The minimum atomic E-state index is 0.285. The fourth-order valence-electron chi connectivity index (χ4n) is 2.51. The second-order valence-electron chi connectivity index (χ2n) is 5.42. The van der Waals surface area contributed by atoms with Crippen LogP contribution in [0.15, 0.2) is 35.1 Å². The molecule has 0 bridgehead atoms. The van der Waals surface area contributed by atoms with Gasteiger partial charge in [0.15, 0.2) is 0 Å². The minimum Gasteiger partial charge on any atom is -0.339 e. The van der Waals surface area contributed by atoms with E-state index in [9.17, 15) is 0 Å². The first-order chi connectivity index (χ1) is 10.3. The molecule has 1 aliphatic rings. The molecule has 0 aliphatic carbocycles. The van der Waals surface area contributed by atoms with Gasteiger partial charge in [0.2, 0.25) is 11.7 Å². The van der Waals surface area contributed by atoms with Crippen LogP contribution in [0.5, 0.6) is 0 Å². The molecule has 21 heavy (non-hydrogen) atoms. The molecule has 1 aromatic carbocycles. The molecule has 106 valence electrons. The summed E-state index contributed by atoms with van der Waals surface area (Å²) in [5, 5.41) is 7.37. The van der Waals surface area contributed by atoms with Crippen LogP contribution < -0.4 is 5.32 Å². The zero-order chi connectivity index (χ0) is 14.2. The van der Waals surface area contributed by atoms with Gasteiger partial charge in [-0.1, -0.05) is 12.1 Å². The predicted octanol–water partition coefficient (Wildman–Crippen LogP) is 2.00. The highest BCUT2D eigenvalue weighted by Crippen LogP contribution is 2.28. The normalized spacial score (nSPS) is 16.8. The Morgan fingerprint density at radius 2 is 2.00 bits per heavy atom. The van der Waals surface area contributed by atoms with Gasteiger partial charge in [0.25, 0.3) is 0 Å². The Labute approximate surface area is 121 Å². The van der Waals surface area contributed by atoms with E-state index in [1.807, 2.05) is 18.2 Å². The van der Waals surface area contributed by atoms with Gasteiger partial charge in [0.05, 0.1) is 11.0 Å². The molecule has 4 rings (SSSR count). The number of fused-ring (bicyclic) bond motifs is 1. The SMILES string of the molecule is CC(c1nc(-c2ccc3nccnc3c2)no1)C1CNC1. The van der Waals surface area contributed by atoms with E-state index >= 15 is 0 Å². The first-order valence-electron chi connectivity index (χ1n) is 7.07. The van der Waals surface area contributed by atoms with Crippen LogP contribution in [0.3, 0.4) is 0 Å². The lowest BCUT2D eigenvalue weighted by Crippen LogP contribution is -2.44. The van der Waals surface area contributed by atoms with Crippen molar-refractivity contribution < 1.29 is 4.52 Å². The van der Waals surface area contributed by atoms with Crippen molar-refractivity contribution in [2.45, 2.75) is 12.8 Å². The molecule has 2 aromatic heterocycles. The van der Waals surface area contributed by atoms with Crippen molar-refractivity contribution in [1.29, 1.82) is 0 Å². The van der Waals surface area contributed by atoms with E-state index < -0.39 is 0 Å². The largest absolute Gasteiger partial charge is 0.339 e. The van der Waals surface area contributed by atoms with Crippen molar-refractivity contribution in [2.75, 3.05) is 13.1 Å². The summed E-state index contributed by atoms with van der Waals surface area (Å²) < 4.78 is 5.42.